The van der Waals surface area contributed by atoms with Gasteiger partial charge in [-0.1, -0.05) is 20.4 Å². The molecule has 1 aliphatic carbocycles. The minimum atomic E-state index is 0.602. The largest absolute Gasteiger partial charge is 0.375 e. The highest BCUT2D eigenvalue weighted by Gasteiger charge is 2.27. The van der Waals surface area contributed by atoms with Crippen molar-refractivity contribution in [2.75, 3.05) is 7.05 Å². The highest BCUT2D eigenvalue weighted by atomic mass is 15.2. The van der Waals surface area contributed by atoms with E-state index in [0.29, 0.717) is 5.92 Å². The third kappa shape index (κ3) is 1.53. The fraction of sp³-hybridized carbons (Fsp3) is 0.778. The van der Waals surface area contributed by atoms with Crippen LogP contribution in [0.15, 0.2) is 12.3 Å². The Balaban J connectivity index is 2.38. The van der Waals surface area contributed by atoms with Crippen LogP contribution in [0.1, 0.15) is 26.7 Å². The van der Waals surface area contributed by atoms with Gasteiger partial charge in [-0.25, -0.2) is 0 Å². The lowest BCUT2D eigenvalue weighted by molar-refractivity contribution is 0.367. The van der Waals surface area contributed by atoms with E-state index in [-0.39, 0.29) is 0 Å². The molecular formula is C9H17N. The third-order valence-corrected chi connectivity index (χ3v) is 2.21. The molecule has 0 spiro atoms. The van der Waals surface area contributed by atoms with E-state index in [4.69, 9.17) is 0 Å². The van der Waals surface area contributed by atoms with Crippen LogP contribution in [0.3, 0.4) is 0 Å². The van der Waals surface area contributed by atoms with Crippen molar-refractivity contribution in [2.24, 2.45) is 5.92 Å². The van der Waals surface area contributed by atoms with Crippen LogP contribution in [-0.4, -0.2) is 18.0 Å². The molecule has 0 unspecified atom stereocenters. The van der Waals surface area contributed by atoms with E-state index in [1.54, 1.807) is 0 Å². The van der Waals surface area contributed by atoms with Crippen molar-refractivity contribution in [1.82, 2.24) is 4.90 Å². The first-order valence-corrected chi connectivity index (χ1v) is 4.04. The summed E-state index contributed by atoms with van der Waals surface area (Å²) in [5.74, 6) is 0.602. The molecule has 1 heteroatoms. The van der Waals surface area contributed by atoms with Crippen LogP contribution in [-0.2, 0) is 0 Å². The van der Waals surface area contributed by atoms with E-state index in [1.165, 1.54) is 18.5 Å². The molecule has 58 valence electrons. The van der Waals surface area contributed by atoms with Gasteiger partial charge < -0.3 is 4.90 Å². The molecule has 0 heterocycles. The molecule has 1 saturated carbocycles. The molecule has 10 heavy (non-hydrogen) atoms. The zero-order valence-corrected chi connectivity index (χ0v) is 7.22. The standard InChI is InChI=1S/C9H17N/c1-7(2)8(3)10(4)9-5-6-9/h7,9H,3,5-6H2,1-2,4H3. The molecule has 1 aliphatic rings. The van der Waals surface area contributed by atoms with Crippen molar-refractivity contribution in [3.63, 3.8) is 0 Å². The third-order valence-electron chi connectivity index (χ3n) is 2.21. The highest BCUT2D eigenvalue weighted by Crippen LogP contribution is 2.29. The van der Waals surface area contributed by atoms with Crippen LogP contribution in [0.25, 0.3) is 0 Å². The zero-order chi connectivity index (χ0) is 7.72. The maximum absolute atomic E-state index is 4.04. The maximum Gasteiger partial charge on any atom is 0.0285 e. The first kappa shape index (κ1) is 7.64. The van der Waals surface area contributed by atoms with E-state index in [9.17, 15) is 0 Å². The van der Waals surface area contributed by atoms with Gasteiger partial charge in [-0.15, -0.1) is 0 Å². The van der Waals surface area contributed by atoms with Gasteiger partial charge in [-0.2, -0.15) is 0 Å². The second-order valence-corrected chi connectivity index (χ2v) is 3.49. The van der Waals surface area contributed by atoms with E-state index >= 15 is 0 Å². The first-order valence-electron chi connectivity index (χ1n) is 4.04. The van der Waals surface area contributed by atoms with Gasteiger partial charge >= 0.3 is 0 Å². The van der Waals surface area contributed by atoms with Gasteiger partial charge in [-0.05, 0) is 18.8 Å². The molecule has 0 atom stereocenters. The number of nitrogens with zero attached hydrogens (tertiary/aromatic N) is 1. The molecule has 1 rings (SSSR count). The quantitative estimate of drug-likeness (QED) is 0.579. The number of hydrogen-bond acceptors (Lipinski definition) is 1. The summed E-state index contributed by atoms with van der Waals surface area (Å²) in [4.78, 5) is 2.32. The second kappa shape index (κ2) is 2.65. The van der Waals surface area contributed by atoms with Crippen molar-refractivity contribution >= 4 is 0 Å². The van der Waals surface area contributed by atoms with E-state index in [2.05, 4.69) is 32.4 Å². The summed E-state index contributed by atoms with van der Waals surface area (Å²) in [7, 11) is 2.15. The summed E-state index contributed by atoms with van der Waals surface area (Å²) in [5.41, 5.74) is 1.28. The lowest BCUT2D eigenvalue weighted by atomic mass is 10.1. The van der Waals surface area contributed by atoms with Gasteiger partial charge in [0.2, 0.25) is 0 Å². The minimum Gasteiger partial charge on any atom is -0.375 e. The molecule has 0 N–H and O–H groups in total. The predicted octanol–water partition coefficient (Wildman–Crippen LogP) is 2.25. The molecule has 0 amide bonds. The molecule has 0 aliphatic heterocycles. The summed E-state index contributed by atoms with van der Waals surface area (Å²) < 4.78 is 0. The Labute approximate surface area is 63.7 Å². The fourth-order valence-electron chi connectivity index (χ4n) is 1.10. The van der Waals surface area contributed by atoms with Gasteiger partial charge in [0.15, 0.2) is 0 Å². The van der Waals surface area contributed by atoms with E-state index in [0.717, 1.165) is 6.04 Å². The lowest BCUT2D eigenvalue weighted by Gasteiger charge is -2.23. The lowest BCUT2D eigenvalue weighted by Crippen LogP contribution is -2.22. The molecule has 0 radical (unpaired) electrons. The Morgan fingerprint density at radius 1 is 1.50 bits per heavy atom. The molecule has 1 nitrogen and oxygen atoms in total. The Morgan fingerprint density at radius 2 is 2.00 bits per heavy atom. The molecular weight excluding hydrogens is 122 g/mol. The smallest absolute Gasteiger partial charge is 0.0285 e. The van der Waals surface area contributed by atoms with Crippen LogP contribution in [0.4, 0.5) is 0 Å². The van der Waals surface area contributed by atoms with Gasteiger partial charge in [0.1, 0.15) is 0 Å². The summed E-state index contributed by atoms with van der Waals surface area (Å²) in [6.07, 6.45) is 2.73. The highest BCUT2D eigenvalue weighted by molar-refractivity contribution is 5.01. The average molecular weight is 139 g/mol. The number of hydrogen-bond donors (Lipinski definition) is 0. The monoisotopic (exact) mass is 139 g/mol. The fourth-order valence-corrected chi connectivity index (χ4v) is 1.10. The summed E-state index contributed by atoms with van der Waals surface area (Å²) >= 11 is 0. The molecule has 0 saturated heterocycles. The second-order valence-electron chi connectivity index (χ2n) is 3.49. The zero-order valence-electron chi connectivity index (χ0n) is 7.22. The summed E-state index contributed by atoms with van der Waals surface area (Å²) in [6.45, 7) is 8.43. The molecule has 0 aromatic carbocycles. The Hall–Kier alpha value is -0.460. The average Bonchev–Trinajstić information content (AvgIpc) is 2.65. The van der Waals surface area contributed by atoms with Crippen molar-refractivity contribution in [3.05, 3.63) is 12.3 Å². The Kier molecular flexibility index (Phi) is 2.02. The summed E-state index contributed by atoms with van der Waals surface area (Å²) in [6, 6.07) is 0.815. The predicted molar refractivity (Wildman–Crippen MR) is 44.8 cm³/mol. The van der Waals surface area contributed by atoms with Gasteiger partial charge in [0.05, 0.1) is 0 Å². The molecule has 0 bridgehead atoms. The Morgan fingerprint density at radius 3 is 2.30 bits per heavy atom. The molecule has 0 aromatic heterocycles. The number of allylic oxidation sites excluding steroid dienone is 1. The van der Waals surface area contributed by atoms with Gasteiger partial charge in [-0.3, -0.25) is 0 Å². The SMILES string of the molecule is C=C(C(C)C)N(C)C1CC1. The topological polar surface area (TPSA) is 3.24 Å². The normalized spacial score (nSPS) is 17.6. The van der Waals surface area contributed by atoms with Crippen molar-refractivity contribution < 1.29 is 0 Å². The number of rotatable bonds is 3. The van der Waals surface area contributed by atoms with E-state index in [1.807, 2.05) is 0 Å². The van der Waals surface area contributed by atoms with Crippen molar-refractivity contribution in [3.8, 4) is 0 Å². The van der Waals surface area contributed by atoms with Crippen LogP contribution in [0.5, 0.6) is 0 Å². The summed E-state index contributed by atoms with van der Waals surface area (Å²) in [5, 5.41) is 0. The van der Waals surface area contributed by atoms with Crippen LogP contribution >= 0.6 is 0 Å². The minimum absolute atomic E-state index is 0.602. The Bertz CT molecular complexity index is 134. The van der Waals surface area contributed by atoms with Crippen molar-refractivity contribution in [1.29, 1.82) is 0 Å². The van der Waals surface area contributed by atoms with Gasteiger partial charge in [0.25, 0.3) is 0 Å². The van der Waals surface area contributed by atoms with Crippen LogP contribution in [0.2, 0.25) is 0 Å². The molecule has 0 aromatic rings. The molecule has 1 fully saturated rings. The van der Waals surface area contributed by atoms with Gasteiger partial charge in [0, 0.05) is 18.8 Å². The van der Waals surface area contributed by atoms with Crippen LogP contribution < -0.4 is 0 Å². The van der Waals surface area contributed by atoms with E-state index < -0.39 is 0 Å². The van der Waals surface area contributed by atoms with Crippen molar-refractivity contribution in [2.45, 2.75) is 32.7 Å². The first-order chi connectivity index (χ1) is 4.63. The van der Waals surface area contributed by atoms with Crippen LogP contribution in [0, 0.1) is 5.92 Å². The maximum atomic E-state index is 4.04.